The molecule has 0 unspecified atom stereocenters. The highest BCUT2D eigenvalue weighted by Gasteiger charge is 2.25. The summed E-state index contributed by atoms with van der Waals surface area (Å²) in [5, 5.41) is 0.297. The zero-order valence-corrected chi connectivity index (χ0v) is 16.8. The minimum Gasteiger partial charge on any atom is -0.462 e. The van der Waals surface area contributed by atoms with Gasteiger partial charge < -0.3 is 4.74 Å². The first-order valence-corrected chi connectivity index (χ1v) is 10.5. The number of esters is 1. The largest absolute Gasteiger partial charge is 0.462 e. The predicted molar refractivity (Wildman–Crippen MR) is 99.3 cm³/mol. The molecule has 0 fully saturated rings. The Labute approximate surface area is 154 Å². The molecular weight excluding hydrogens is 414 g/mol. The second kappa shape index (κ2) is 7.67. The van der Waals surface area contributed by atoms with Gasteiger partial charge in [0.2, 0.25) is 0 Å². The van der Waals surface area contributed by atoms with Crippen molar-refractivity contribution in [3.63, 3.8) is 0 Å². The third-order valence-corrected chi connectivity index (χ3v) is 6.48. The highest BCUT2D eigenvalue weighted by atomic mass is 79.9. The quantitative estimate of drug-likeness (QED) is 0.689. The lowest BCUT2D eigenvalue weighted by atomic mass is 10.1. The average Bonchev–Trinajstić information content (AvgIpc) is 2.82. The van der Waals surface area contributed by atoms with E-state index in [-0.39, 0.29) is 11.5 Å². The van der Waals surface area contributed by atoms with Crippen LogP contribution in [-0.2, 0) is 21.2 Å². The van der Waals surface area contributed by atoms with Gasteiger partial charge in [0.1, 0.15) is 5.00 Å². The first-order chi connectivity index (χ1) is 11.3. The van der Waals surface area contributed by atoms with Crippen LogP contribution in [0, 0.1) is 6.92 Å². The number of hydrogen-bond acceptors (Lipinski definition) is 5. The highest BCUT2D eigenvalue weighted by molar-refractivity contribution is 9.10. The van der Waals surface area contributed by atoms with Gasteiger partial charge in [0.05, 0.1) is 17.1 Å². The lowest BCUT2D eigenvalue weighted by Crippen LogP contribution is -2.15. The molecule has 0 atom stereocenters. The third kappa shape index (κ3) is 3.99. The van der Waals surface area contributed by atoms with Crippen LogP contribution in [0.15, 0.2) is 33.6 Å². The van der Waals surface area contributed by atoms with Crippen LogP contribution in [0.1, 0.15) is 34.6 Å². The van der Waals surface area contributed by atoms with Crippen LogP contribution in [0.4, 0.5) is 5.00 Å². The van der Waals surface area contributed by atoms with E-state index in [4.69, 9.17) is 4.74 Å². The first-order valence-electron chi connectivity index (χ1n) is 7.37. The number of carbonyl (C=O) groups excluding carboxylic acids is 1. The van der Waals surface area contributed by atoms with Crippen molar-refractivity contribution < 1.29 is 17.9 Å². The number of hydrogen-bond donors (Lipinski definition) is 1. The van der Waals surface area contributed by atoms with Gasteiger partial charge in [0.25, 0.3) is 10.0 Å². The molecule has 1 aromatic heterocycles. The van der Waals surface area contributed by atoms with Gasteiger partial charge in [0, 0.05) is 9.35 Å². The van der Waals surface area contributed by atoms with Crippen molar-refractivity contribution in [2.75, 3.05) is 11.3 Å². The van der Waals surface area contributed by atoms with E-state index in [1.165, 1.54) is 23.5 Å². The Balaban J connectivity index is 2.45. The maximum atomic E-state index is 12.6. The number of aryl methyl sites for hydroxylation is 1. The smallest absolute Gasteiger partial charge is 0.341 e. The van der Waals surface area contributed by atoms with Gasteiger partial charge in [-0.3, -0.25) is 4.72 Å². The Morgan fingerprint density at radius 2 is 1.88 bits per heavy atom. The van der Waals surface area contributed by atoms with Crippen LogP contribution in [0.3, 0.4) is 0 Å². The summed E-state index contributed by atoms with van der Waals surface area (Å²) in [7, 11) is -3.78. The lowest BCUT2D eigenvalue weighted by Gasteiger charge is -2.09. The molecule has 1 heterocycles. The number of thiophene rings is 1. The van der Waals surface area contributed by atoms with E-state index in [9.17, 15) is 13.2 Å². The summed E-state index contributed by atoms with van der Waals surface area (Å²) >= 11 is 4.52. The van der Waals surface area contributed by atoms with Gasteiger partial charge in [-0.25, -0.2) is 13.2 Å². The van der Waals surface area contributed by atoms with E-state index in [1.807, 2.05) is 13.8 Å². The third-order valence-electron chi connectivity index (χ3n) is 3.39. The highest BCUT2D eigenvalue weighted by Crippen LogP contribution is 2.35. The molecule has 24 heavy (non-hydrogen) atoms. The molecule has 0 bridgehead atoms. The molecule has 8 heteroatoms. The van der Waals surface area contributed by atoms with Crippen molar-refractivity contribution in [2.24, 2.45) is 0 Å². The number of carbonyl (C=O) groups is 1. The molecule has 0 spiro atoms. The van der Waals surface area contributed by atoms with Gasteiger partial charge in [-0.15, -0.1) is 11.3 Å². The molecule has 2 rings (SSSR count). The number of ether oxygens (including phenoxy) is 1. The minimum absolute atomic E-state index is 0.129. The van der Waals surface area contributed by atoms with Crippen molar-refractivity contribution in [2.45, 2.75) is 32.1 Å². The minimum atomic E-state index is -3.78. The fraction of sp³-hybridized carbons (Fsp3) is 0.312. The van der Waals surface area contributed by atoms with Crippen LogP contribution in [0.2, 0.25) is 0 Å². The number of sulfonamides is 1. The van der Waals surface area contributed by atoms with E-state index in [2.05, 4.69) is 20.7 Å². The van der Waals surface area contributed by atoms with E-state index in [1.54, 1.807) is 19.1 Å². The fourth-order valence-electron chi connectivity index (χ4n) is 2.29. The Hall–Kier alpha value is -1.38. The maximum Gasteiger partial charge on any atom is 0.341 e. The molecule has 0 amide bonds. The van der Waals surface area contributed by atoms with Gasteiger partial charge in [-0.1, -0.05) is 22.9 Å². The number of halogens is 1. The Morgan fingerprint density at radius 3 is 2.42 bits per heavy atom. The van der Waals surface area contributed by atoms with Crippen LogP contribution in [0.25, 0.3) is 0 Å². The number of anilines is 1. The monoisotopic (exact) mass is 431 g/mol. The normalized spacial score (nSPS) is 11.3. The first kappa shape index (κ1) is 19.0. The number of benzene rings is 1. The van der Waals surface area contributed by atoms with E-state index in [0.717, 1.165) is 14.9 Å². The summed E-state index contributed by atoms with van der Waals surface area (Å²) in [5.74, 6) is -0.507. The summed E-state index contributed by atoms with van der Waals surface area (Å²) in [6.45, 7) is 5.73. The zero-order chi connectivity index (χ0) is 17.9. The summed E-state index contributed by atoms with van der Waals surface area (Å²) in [6, 6.07) is 6.30. The molecule has 0 aliphatic rings. The van der Waals surface area contributed by atoms with Crippen molar-refractivity contribution >= 4 is 48.3 Å². The molecule has 1 aromatic carbocycles. The lowest BCUT2D eigenvalue weighted by molar-refractivity contribution is 0.0527. The number of nitrogens with one attached hydrogen (secondary N) is 1. The summed E-state index contributed by atoms with van der Waals surface area (Å²) in [6.07, 6.45) is 0.622. The average molecular weight is 432 g/mol. The fourth-order valence-corrected chi connectivity index (χ4v) is 4.99. The van der Waals surface area contributed by atoms with Gasteiger partial charge >= 0.3 is 5.97 Å². The van der Waals surface area contributed by atoms with Crippen molar-refractivity contribution in [3.8, 4) is 0 Å². The second-order valence-corrected chi connectivity index (χ2v) is 8.80. The van der Waals surface area contributed by atoms with E-state index in [0.29, 0.717) is 17.0 Å². The Bertz CT molecular complexity index is 842. The molecule has 5 nitrogen and oxygen atoms in total. The second-order valence-electron chi connectivity index (χ2n) is 4.97. The standard InChI is InChI=1S/C16H18BrNO4S2/c1-4-13-10(3)23-15(14(13)16(19)22-5-2)18-24(20,21)12-8-6-11(17)7-9-12/h6-9,18H,4-5H2,1-3H3. The molecule has 1 N–H and O–H groups in total. The Kier molecular flexibility index (Phi) is 6.06. The molecule has 0 radical (unpaired) electrons. The molecular formula is C16H18BrNO4S2. The van der Waals surface area contributed by atoms with E-state index < -0.39 is 16.0 Å². The molecule has 0 aliphatic carbocycles. The van der Waals surface area contributed by atoms with Crippen LogP contribution < -0.4 is 4.72 Å². The summed E-state index contributed by atoms with van der Waals surface area (Å²) in [4.78, 5) is 13.3. The van der Waals surface area contributed by atoms with Crippen LogP contribution in [0.5, 0.6) is 0 Å². The number of rotatable bonds is 6. The molecule has 0 aliphatic heterocycles. The molecule has 0 saturated carbocycles. The van der Waals surface area contributed by atoms with Crippen molar-refractivity contribution in [1.29, 1.82) is 0 Å². The molecule has 0 saturated heterocycles. The van der Waals surface area contributed by atoms with Gasteiger partial charge in [-0.05, 0) is 50.1 Å². The van der Waals surface area contributed by atoms with Gasteiger partial charge in [-0.2, -0.15) is 0 Å². The Morgan fingerprint density at radius 1 is 1.25 bits per heavy atom. The van der Waals surface area contributed by atoms with Crippen molar-refractivity contribution in [1.82, 2.24) is 0 Å². The topological polar surface area (TPSA) is 72.5 Å². The maximum absolute atomic E-state index is 12.6. The molecule has 2 aromatic rings. The summed E-state index contributed by atoms with van der Waals surface area (Å²) in [5.41, 5.74) is 1.12. The summed E-state index contributed by atoms with van der Waals surface area (Å²) < 4.78 is 33.6. The SMILES string of the molecule is CCOC(=O)c1c(NS(=O)(=O)c2ccc(Br)cc2)sc(C)c1CC. The van der Waals surface area contributed by atoms with Crippen LogP contribution in [-0.4, -0.2) is 21.0 Å². The predicted octanol–water partition coefficient (Wildman–Crippen LogP) is 4.36. The van der Waals surface area contributed by atoms with E-state index >= 15 is 0 Å². The van der Waals surface area contributed by atoms with Crippen LogP contribution >= 0.6 is 27.3 Å². The molecule has 130 valence electrons. The zero-order valence-electron chi connectivity index (χ0n) is 13.6. The van der Waals surface area contributed by atoms with Gasteiger partial charge in [0.15, 0.2) is 0 Å². The van der Waals surface area contributed by atoms with Crippen molar-refractivity contribution in [3.05, 3.63) is 44.7 Å².